The molecule has 4 heterocycles. The van der Waals surface area contributed by atoms with Gasteiger partial charge in [-0.15, -0.1) is 11.3 Å². The summed E-state index contributed by atoms with van der Waals surface area (Å²) in [4.78, 5) is 13.5. The van der Waals surface area contributed by atoms with Crippen LogP contribution < -0.4 is 0 Å². The van der Waals surface area contributed by atoms with Gasteiger partial charge in [0.05, 0.1) is 24.3 Å². The topological polar surface area (TPSA) is 46.5 Å². The molecule has 0 aliphatic rings. The number of nitrogens with zero attached hydrogens (tertiary/aromatic N) is 3. The lowest BCUT2D eigenvalue weighted by Crippen LogP contribution is -2.00. The summed E-state index contributed by atoms with van der Waals surface area (Å²) in [6.45, 7) is 0.732. The molecule has 1 N–H and O–H groups in total. The Morgan fingerprint density at radius 2 is 1.93 bits per heavy atom. The van der Waals surface area contributed by atoms with E-state index >= 15 is 0 Å². The maximum absolute atomic E-state index is 13.4. The zero-order chi connectivity index (χ0) is 18.2. The molecule has 5 rings (SSSR count). The second-order valence-electron chi connectivity index (χ2n) is 6.25. The second kappa shape index (κ2) is 6.48. The number of rotatable bonds is 4. The molecule has 0 aliphatic carbocycles. The van der Waals surface area contributed by atoms with Crippen LogP contribution in [0.15, 0.2) is 72.6 Å². The predicted octanol–water partition coefficient (Wildman–Crippen LogP) is 5.34. The first-order valence-corrected chi connectivity index (χ1v) is 9.43. The van der Waals surface area contributed by atoms with E-state index in [0.717, 1.165) is 40.1 Å². The van der Waals surface area contributed by atoms with Crippen LogP contribution in [0.4, 0.5) is 4.39 Å². The summed E-state index contributed by atoms with van der Waals surface area (Å²) in [5.41, 5.74) is 4.61. The monoisotopic (exact) mass is 374 g/mol. The fraction of sp³-hybridized carbons (Fsp3) is 0.0476. The summed E-state index contributed by atoms with van der Waals surface area (Å²) >= 11 is 1.72. The Balaban J connectivity index is 1.74. The lowest BCUT2D eigenvalue weighted by molar-refractivity contribution is 0.628. The Morgan fingerprint density at radius 3 is 2.74 bits per heavy atom. The minimum absolute atomic E-state index is 0.254. The number of benzene rings is 1. The zero-order valence-corrected chi connectivity index (χ0v) is 15.1. The van der Waals surface area contributed by atoms with Crippen LogP contribution in [0.5, 0.6) is 0 Å². The number of aromatic nitrogens is 4. The van der Waals surface area contributed by atoms with Gasteiger partial charge in [0.2, 0.25) is 0 Å². The SMILES string of the molecule is Fc1ccc(-c2ncn(Cc3cccs3)c2-c2ccnc3[nH]ccc23)cc1. The third-order valence-electron chi connectivity index (χ3n) is 4.58. The summed E-state index contributed by atoms with van der Waals surface area (Å²) in [7, 11) is 0. The molecule has 0 saturated carbocycles. The van der Waals surface area contributed by atoms with Crippen molar-refractivity contribution in [3.63, 3.8) is 0 Å². The Labute approximate surface area is 159 Å². The van der Waals surface area contributed by atoms with E-state index in [1.165, 1.54) is 17.0 Å². The predicted molar refractivity (Wildman–Crippen MR) is 106 cm³/mol. The Hall–Kier alpha value is -3.25. The number of H-pyrrole nitrogens is 1. The number of nitrogens with one attached hydrogen (secondary N) is 1. The smallest absolute Gasteiger partial charge is 0.137 e. The van der Waals surface area contributed by atoms with Gasteiger partial charge in [0, 0.05) is 33.8 Å². The molecule has 0 bridgehead atoms. The number of aromatic amines is 1. The number of hydrogen-bond acceptors (Lipinski definition) is 3. The highest BCUT2D eigenvalue weighted by Gasteiger charge is 2.18. The summed E-state index contributed by atoms with van der Waals surface area (Å²) in [5, 5.41) is 3.11. The van der Waals surface area contributed by atoms with Crippen molar-refractivity contribution in [3.05, 3.63) is 83.3 Å². The molecule has 0 unspecified atom stereocenters. The number of hydrogen-bond donors (Lipinski definition) is 1. The molecule has 0 amide bonds. The molecule has 0 atom stereocenters. The van der Waals surface area contributed by atoms with Crippen LogP contribution in [0.2, 0.25) is 0 Å². The van der Waals surface area contributed by atoms with Crippen LogP contribution in [0.1, 0.15) is 4.88 Å². The van der Waals surface area contributed by atoms with Crippen molar-refractivity contribution in [1.82, 2.24) is 19.5 Å². The maximum atomic E-state index is 13.4. The van der Waals surface area contributed by atoms with Gasteiger partial charge in [0.25, 0.3) is 0 Å². The summed E-state index contributed by atoms with van der Waals surface area (Å²) in [5.74, 6) is -0.254. The lowest BCUT2D eigenvalue weighted by atomic mass is 10.0. The molecule has 4 aromatic heterocycles. The van der Waals surface area contributed by atoms with Crippen molar-refractivity contribution in [2.75, 3.05) is 0 Å². The molecule has 0 spiro atoms. The van der Waals surface area contributed by atoms with Gasteiger partial charge in [-0.2, -0.15) is 0 Å². The van der Waals surface area contributed by atoms with Gasteiger partial charge in [0.1, 0.15) is 11.5 Å². The van der Waals surface area contributed by atoms with E-state index in [-0.39, 0.29) is 5.82 Å². The molecule has 5 aromatic rings. The van der Waals surface area contributed by atoms with E-state index in [4.69, 9.17) is 0 Å². The van der Waals surface area contributed by atoms with Gasteiger partial charge in [-0.05, 0) is 47.8 Å². The average Bonchev–Trinajstić information content (AvgIpc) is 3.43. The van der Waals surface area contributed by atoms with Crippen molar-refractivity contribution in [2.24, 2.45) is 0 Å². The zero-order valence-electron chi connectivity index (χ0n) is 14.3. The fourth-order valence-corrected chi connectivity index (χ4v) is 4.04. The van der Waals surface area contributed by atoms with E-state index in [1.807, 2.05) is 30.7 Å². The molecular weight excluding hydrogens is 359 g/mol. The molecule has 0 aliphatic heterocycles. The maximum Gasteiger partial charge on any atom is 0.137 e. The van der Waals surface area contributed by atoms with Gasteiger partial charge in [0.15, 0.2) is 0 Å². The molecule has 0 saturated heterocycles. The van der Waals surface area contributed by atoms with E-state index in [9.17, 15) is 4.39 Å². The van der Waals surface area contributed by atoms with Crippen molar-refractivity contribution in [3.8, 4) is 22.5 Å². The van der Waals surface area contributed by atoms with E-state index < -0.39 is 0 Å². The van der Waals surface area contributed by atoms with E-state index in [1.54, 1.807) is 29.7 Å². The van der Waals surface area contributed by atoms with E-state index in [2.05, 4.69) is 31.0 Å². The average molecular weight is 374 g/mol. The van der Waals surface area contributed by atoms with Gasteiger partial charge >= 0.3 is 0 Å². The molecule has 27 heavy (non-hydrogen) atoms. The van der Waals surface area contributed by atoms with Crippen molar-refractivity contribution < 1.29 is 4.39 Å². The van der Waals surface area contributed by atoms with Crippen LogP contribution in [0.25, 0.3) is 33.5 Å². The van der Waals surface area contributed by atoms with Crippen molar-refractivity contribution >= 4 is 22.4 Å². The van der Waals surface area contributed by atoms with Crippen molar-refractivity contribution in [1.29, 1.82) is 0 Å². The summed E-state index contributed by atoms with van der Waals surface area (Å²) in [6.07, 6.45) is 5.54. The normalized spacial score (nSPS) is 11.3. The highest BCUT2D eigenvalue weighted by atomic mass is 32.1. The Kier molecular flexibility index (Phi) is 3.83. The fourth-order valence-electron chi connectivity index (χ4n) is 3.34. The van der Waals surface area contributed by atoms with Crippen LogP contribution in [-0.2, 0) is 6.54 Å². The first kappa shape index (κ1) is 16.0. The number of pyridine rings is 1. The van der Waals surface area contributed by atoms with E-state index in [0.29, 0.717) is 0 Å². The highest BCUT2D eigenvalue weighted by Crippen LogP contribution is 2.35. The van der Waals surface area contributed by atoms with Gasteiger partial charge < -0.3 is 9.55 Å². The van der Waals surface area contributed by atoms with Crippen LogP contribution >= 0.6 is 11.3 Å². The molecule has 6 heteroatoms. The molecule has 0 fully saturated rings. The van der Waals surface area contributed by atoms with Crippen LogP contribution in [-0.4, -0.2) is 19.5 Å². The standard InChI is InChI=1S/C21H15FN4S/c22-15-5-3-14(4-6-15)19-20(17-7-9-23-21-18(17)8-10-24-21)26(13-25-19)12-16-2-1-11-27-16/h1-11,13H,12H2,(H,23,24). The number of halogens is 1. The van der Waals surface area contributed by atoms with Crippen molar-refractivity contribution in [2.45, 2.75) is 6.54 Å². The first-order chi connectivity index (χ1) is 13.3. The van der Waals surface area contributed by atoms with Gasteiger partial charge in [-0.1, -0.05) is 6.07 Å². The minimum Gasteiger partial charge on any atom is -0.346 e. The Morgan fingerprint density at radius 1 is 1.04 bits per heavy atom. The molecule has 4 nitrogen and oxygen atoms in total. The first-order valence-electron chi connectivity index (χ1n) is 8.55. The number of fused-ring (bicyclic) bond motifs is 1. The lowest BCUT2D eigenvalue weighted by Gasteiger charge is -2.11. The van der Waals surface area contributed by atoms with Crippen LogP contribution in [0, 0.1) is 5.82 Å². The summed E-state index contributed by atoms with van der Waals surface area (Å²) < 4.78 is 15.6. The number of imidazole rings is 1. The second-order valence-corrected chi connectivity index (χ2v) is 7.29. The van der Waals surface area contributed by atoms with Gasteiger partial charge in [-0.3, -0.25) is 0 Å². The molecular formula is C21H15FN4S. The largest absolute Gasteiger partial charge is 0.346 e. The van der Waals surface area contributed by atoms with Gasteiger partial charge in [-0.25, -0.2) is 14.4 Å². The quantitative estimate of drug-likeness (QED) is 0.461. The Bertz CT molecular complexity index is 1200. The minimum atomic E-state index is -0.254. The summed E-state index contributed by atoms with van der Waals surface area (Å²) in [6, 6.07) is 14.7. The third-order valence-corrected chi connectivity index (χ3v) is 5.44. The highest BCUT2D eigenvalue weighted by molar-refractivity contribution is 7.09. The third kappa shape index (κ3) is 2.84. The molecule has 0 radical (unpaired) electrons. The van der Waals surface area contributed by atoms with Crippen LogP contribution in [0.3, 0.4) is 0 Å². The number of thiophene rings is 1. The molecule has 1 aromatic carbocycles. The molecule has 132 valence electrons.